The van der Waals surface area contributed by atoms with E-state index in [1.807, 2.05) is 25.3 Å². The zero-order chi connectivity index (χ0) is 14.4. The standard InChI is InChI=1S/C17H19N3O/c1-10-17(19-14(9-18-10)11-6-7-11)20-16-13-5-3-2-4-12(13)8-15(16)21/h2-5,9,11,15-16,21H,6-8H2,1H3,(H,19,20)/t15-,16-/m1/s1. The monoisotopic (exact) mass is 281 g/mol. The van der Waals surface area contributed by atoms with E-state index >= 15 is 0 Å². The molecule has 2 atom stereocenters. The lowest BCUT2D eigenvalue weighted by atomic mass is 10.1. The molecule has 0 amide bonds. The Morgan fingerprint density at radius 2 is 2.05 bits per heavy atom. The van der Waals surface area contributed by atoms with Gasteiger partial charge in [-0.3, -0.25) is 4.98 Å². The summed E-state index contributed by atoms with van der Waals surface area (Å²) in [6, 6.07) is 8.11. The zero-order valence-corrected chi connectivity index (χ0v) is 12.1. The largest absolute Gasteiger partial charge is 0.390 e. The minimum atomic E-state index is -0.409. The summed E-state index contributed by atoms with van der Waals surface area (Å²) in [7, 11) is 0. The van der Waals surface area contributed by atoms with E-state index in [2.05, 4.69) is 22.4 Å². The Kier molecular flexibility index (Phi) is 2.93. The Morgan fingerprint density at radius 3 is 2.86 bits per heavy atom. The lowest BCUT2D eigenvalue weighted by Crippen LogP contribution is -2.22. The van der Waals surface area contributed by atoms with Crippen molar-refractivity contribution in [1.82, 2.24) is 9.97 Å². The van der Waals surface area contributed by atoms with Crippen LogP contribution in [0.4, 0.5) is 5.82 Å². The van der Waals surface area contributed by atoms with Crippen LogP contribution in [-0.2, 0) is 6.42 Å². The normalized spacial score (nSPS) is 23.9. The average Bonchev–Trinajstić information content (AvgIpc) is 3.27. The van der Waals surface area contributed by atoms with Gasteiger partial charge in [0.25, 0.3) is 0 Å². The van der Waals surface area contributed by atoms with Gasteiger partial charge < -0.3 is 10.4 Å². The van der Waals surface area contributed by atoms with Crippen molar-refractivity contribution in [2.45, 2.75) is 44.2 Å². The number of anilines is 1. The molecule has 21 heavy (non-hydrogen) atoms. The molecule has 0 saturated heterocycles. The molecule has 0 aliphatic heterocycles. The molecule has 4 nitrogen and oxygen atoms in total. The lowest BCUT2D eigenvalue weighted by molar-refractivity contribution is 0.165. The molecule has 2 aliphatic carbocycles. The van der Waals surface area contributed by atoms with E-state index in [0.717, 1.165) is 17.2 Å². The number of aliphatic hydroxyl groups excluding tert-OH is 1. The van der Waals surface area contributed by atoms with E-state index < -0.39 is 6.10 Å². The molecule has 1 aromatic carbocycles. The molecule has 1 fully saturated rings. The van der Waals surface area contributed by atoms with Gasteiger partial charge in [-0.25, -0.2) is 4.98 Å². The summed E-state index contributed by atoms with van der Waals surface area (Å²) in [5.41, 5.74) is 4.34. The van der Waals surface area contributed by atoms with Gasteiger partial charge in [0, 0.05) is 18.5 Å². The number of aryl methyl sites for hydroxylation is 1. The molecule has 0 radical (unpaired) electrons. The second kappa shape index (κ2) is 4.81. The average molecular weight is 281 g/mol. The van der Waals surface area contributed by atoms with Crippen LogP contribution in [0.25, 0.3) is 0 Å². The third-order valence-electron chi connectivity index (χ3n) is 4.47. The fourth-order valence-corrected chi connectivity index (χ4v) is 3.07. The molecule has 0 bridgehead atoms. The number of fused-ring (bicyclic) bond motifs is 1. The minimum Gasteiger partial charge on any atom is -0.390 e. The molecule has 0 unspecified atom stereocenters. The highest BCUT2D eigenvalue weighted by molar-refractivity contribution is 5.47. The highest BCUT2D eigenvalue weighted by Gasteiger charge is 2.32. The van der Waals surface area contributed by atoms with E-state index in [9.17, 15) is 5.11 Å². The van der Waals surface area contributed by atoms with Gasteiger partial charge in [0.2, 0.25) is 0 Å². The molecule has 4 heteroatoms. The third kappa shape index (κ3) is 2.29. The van der Waals surface area contributed by atoms with Gasteiger partial charge in [-0.1, -0.05) is 24.3 Å². The molecule has 1 heterocycles. The van der Waals surface area contributed by atoms with Crippen LogP contribution >= 0.6 is 0 Å². The number of nitrogens with zero attached hydrogens (tertiary/aromatic N) is 2. The number of benzene rings is 1. The predicted molar refractivity (Wildman–Crippen MR) is 81.3 cm³/mol. The van der Waals surface area contributed by atoms with Crippen LogP contribution in [0.1, 0.15) is 47.3 Å². The lowest BCUT2D eigenvalue weighted by Gasteiger charge is -2.20. The number of rotatable bonds is 3. The summed E-state index contributed by atoms with van der Waals surface area (Å²) < 4.78 is 0. The van der Waals surface area contributed by atoms with Crippen molar-refractivity contribution in [2.75, 3.05) is 5.32 Å². The van der Waals surface area contributed by atoms with Gasteiger partial charge in [0.15, 0.2) is 0 Å². The summed E-state index contributed by atoms with van der Waals surface area (Å²) in [4.78, 5) is 9.18. The molecule has 1 saturated carbocycles. The van der Waals surface area contributed by atoms with Gasteiger partial charge in [0.05, 0.1) is 23.5 Å². The molecule has 2 N–H and O–H groups in total. The van der Waals surface area contributed by atoms with Crippen molar-refractivity contribution < 1.29 is 5.11 Å². The van der Waals surface area contributed by atoms with Crippen LogP contribution in [-0.4, -0.2) is 21.2 Å². The van der Waals surface area contributed by atoms with Gasteiger partial charge in [-0.2, -0.15) is 0 Å². The fraction of sp³-hybridized carbons (Fsp3) is 0.412. The number of aromatic nitrogens is 2. The summed E-state index contributed by atoms with van der Waals surface area (Å²) in [6.07, 6.45) is 4.60. The number of aliphatic hydroxyl groups is 1. The topological polar surface area (TPSA) is 58.0 Å². The van der Waals surface area contributed by atoms with Crippen LogP contribution in [0.15, 0.2) is 30.5 Å². The number of hydrogen-bond donors (Lipinski definition) is 2. The summed E-state index contributed by atoms with van der Waals surface area (Å²) >= 11 is 0. The van der Waals surface area contributed by atoms with E-state index in [-0.39, 0.29) is 6.04 Å². The third-order valence-corrected chi connectivity index (χ3v) is 4.47. The maximum atomic E-state index is 10.3. The van der Waals surface area contributed by atoms with Crippen molar-refractivity contribution in [3.63, 3.8) is 0 Å². The molecular formula is C17H19N3O. The minimum absolute atomic E-state index is 0.0938. The van der Waals surface area contributed by atoms with Crippen molar-refractivity contribution in [3.8, 4) is 0 Å². The first-order valence-electron chi connectivity index (χ1n) is 7.58. The Balaban J connectivity index is 1.65. The Bertz CT molecular complexity index is 681. The molecule has 108 valence electrons. The smallest absolute Gasteiger partial charge is 0.148 e. The maximum Gasteiger partial charge on any atom is 0.148 e. The number of nitrogens with one attached hydrogen (secondary N) is 1. The highest BCUT2D eigenvalue weighted by Crippen LogP contribution is 2.40. The molecule has 4 rings (SSSR count). The second-order valence-corrected chi connectivity index (χ2v) is 6.10. The van der Waals surface area contributed by atoms with E-state index in [4.69, 9.17) is 4.98 Å². The zero-order valence-electron chi connectivity index (χ0n) is 12.1. The van der Waals surface area contributed by atoms with Crippen LogP contribution in [0, 0.1) is 6.92 Å². The number of hydrogen-bond acceptors (Lipinski definition) is 4. The molecule has 2 aromatic rings. The van der Waals surface area contributed by atoms with E-state index in [1.165, 1.54) is 24.0 Å². The summed E-state index contributed by atoms with van der Waals surface area (Å²) in [6.45, 7) is 1.96. The van der Waals surface area contributed by atoms with Crippen LogP contribution in [0.5, 0.6) is 0 Å². The fourth-order valence-electron chi connectivity index (χ4n) is 3.07. The Morgan fingerprint density at radius 1 is 1.24 bits per heavy atom. The van der Waals surface area contributed by atoms with Gasteiger partial charge in [0.1, 0.15) is 5.82 Å². The molecule has 2 aliphatic rings. The van der Waals surface area contributed by atoms with Gasteiger partial charge >= 0.3 is 0 Å². The van der Waals surface area contributed by atoms with Crippen molar-refractivity contribution >= 4 is 5.82 Å². The van der Waals surface area contributed by atoms with E-state index in [1.54, 1.807) is 0 Å². The quantitative estimate of drug-likeness (QED) is 0.908. The van der Waals surface area contributed by atoms with Crippen LogP contribution in [0.3, 0.4) is 0 Å². The van der Waals surface area contributed by atoms with Crippen LogP contribution in [0.2, 0.25) is 0 Å². The SMILES string of the molecule is Cc1ncc(C2CC2)nc1N[C@@H]1c2ccccc2C[C@H]1O. The summed E-state index contributed by atoms with van der Waals surface area (Å²) in [5, 5.41) is 13.8. The van der Waals surface area contributed by atoms with Crippen molar-refractivity contribution in [1.29, 1.82) is 0 Å². The highest BCUT2D eigenvalue weighted by atomic mass is 16.3. The first-order valence-corrected chi connectivity index (χ1v) is 7.58. The Hall–Kier alpha value is -1.94. The van der Waals surface area contributed by atoms with Gasteiger partial charge in [-0.05, 0) is 30.9 Å². The summed E-state index contributed by atoms with van der Waals surface area (Å²) in [5.74, 6) is 1.39. The van der Waals surface area contributed by atoms with Crippen LogP contribution < -0.4 is 5.32 Å². The first kappa shape index (κ1) is 12.8. The van der Waals surface area contributed by atoms with Gasteiger partial charge in [-0.15, -0.1) is 0 Å². The van der Waals surface area contributed by atoms with Crippen molar-refractivity contribution in [2.24, 2.45) is 0 Å². The molecular weight excluding hydrogens is 262 g/mol. The predicted octanol–water partition coefficient (Wildman–Crippen LogP) is 2.73. The van der Waals surface area contributed by atoms with E-state index in [0.29, 0.717) is 12.3 Å². The second-order valence-electron chi connectivity index (χ2n) is 6.10. The molecule has 0 spiro atoms. The first-order chi connectivity index (χ1) is 10.2. The Labute approximate surface area is 124 Å². The molecule has 1 aromatic heterocycles. The van der Waals surface area contributed by atoms with Crippen molar-refractivity contribution in [3.05, 3.63) is 53.0 Å². The maximum absolute atomic E-state index is 10.3.